The fourth-order valence-corrected chi connectivity index (χ4v) is 2.39. The molecule has 7 nitrogen and oxygen atoms in total. The standard InChI is InChI=1S/C18H18N4O3/c1-11-5-4-6-13(9-11)17(23)20-18-19-16(21-22-18)12-7-8-14(24-2)15(10-12)25-3/h4-10H,1-3H3,(H2,19,20,21,22,23). The Bertz CT molecular complexity index is 905. The van der Waals surface area contributed by atoms with E-state index >= 15 is 0 Å². The van der Waals surface area contributed by atoms with Crippen LogP contribution in [0.4, 0.5) is 5.95 Å². The van der Waals surface area contributed by atoms with Crippen molar-refractivity contribution in [2.45, 2.75) is 6.92 Å². The van der Waals surface area contributed by atoms with Crippen LogP contribution in [0.15, 0.2) is 42.5 Å². The number of hydrogen-bond acceptors (Lipinski definition) is 5. The van der Waals surface area contributed by atoms with E-state index in [0.717, 1.165) is 11.1 Å². The average molecular weight is 338 g/mol. The van der Waals surface area contributed by atoms with Gasteiger partial charge in [0.25, 0.3) is 5.91 Å². The fourth-order valence-electron chi connectivity index (χ4n) is 2.39. The van der Waals surface area contributed by atoms with Gasteiger partial charge in [0, 0.05) is 11.1 Å². The number of rotatable bonds is 5. The highest BCUT2D eigenvalue weighted by atomic mass is 16.5. The summed E-state index contributed by atoms with van der Waals surface area (Å²) in [6.45, 7) is 1.93. The van der Waals surface area contributed by atoms with Gasteiger partial charge in [-0.05, 0) is 37.3 Å². The molecule has 0 radical (unpaired) electrons. The maximum absolute atomic E-state index is 12.3. The first kappa shape index (κ1) is 16.5. The molecule has 1 heterocycles. The summed E-state index contributed by atoms with van der Waals surface area (Å²) >= 11 is 0. The third-order valence-corrected chi connectivity index (χ3v) is 3.65. The van der Waals surface area contributed by atoms with Crippen LogP contribution in [0, 0.1) is 6.92 Å². The van der Waals surface area contributed by atoms with Crippen LogP contribution in [0.2, 0.25) is 0 Å². The topological polar surface area (TPSA) is 89.1 Å². The molecule has 1 aromatic heterocycles. The Morgan fingerprint density at radius 3 is 2.60 bits per heavy atom. The van der Waals surface area contributed by atoms with Crippen molar-refractivity contribution in [3.05, 3.63) is 53.6 Å². The van der Waals surface area contributed by atoms with E-state index in [1.807, 2.05) is 25.1 Å². The number of ether oxygens (including phenoxy) is 2. The Balaban J connectivity index is 1.79. The molecule has 25 heavy (non-hydrogen) atoms. The Morgan fingerprint density at radius 2 is 1.88 bits per heavy atom. The molecule has 2 aromatic carbocycles. The number of hydrogen-bond donors (Lipinski definition) is 2. The third kappa shape index (κ3) is 3.60. The van der Waals surface area contributed by atoms with Gasteiger partial charge in [-0.2, -0.15) is 4.98 Å². The molecule has 3 aromatic rings. The molecule has 0 saturated carbocycles. The minimum absolute atomic E-state index is 0.205. The van der Waals surface area contributed by atoms with Crippen molar-refractivity contribution in [3.8, 4) is 22.9 Å². The quantitative estimate of drug-likeness (QED) is 0.746. The molecule has 0 aliphatic heterocycles. The second-order valence-electron chi connectivity index (χ2n) is 5.40. The van der Waals surface area contributed by atoms with Crippen molar-refractivity contribution in [3.63, 3.8) is 0 Å². The summed E-state index contributed by atoms with van der Waals surface area (Å²) in [4.78, 5) is 16.6. The number of H-pyrrole nitrogens is 1. The van der Waals surface area contributed by atoms with Crippen LogP contribution in [0.5, 0.6) is 11.5 Å². The van der Waals surface area contributed by atoms with Gasteiger partial charge in [0.05, 0.1) is 14.2 Å². The molecular weight excluding hydrogens is 320 g/mol. The molecule has 0 unspecified atom stereocenters. The summed E-state index contributed by atoms with van der Waals surface area (Å²) in [5.74, 6) is 1.67. The first-order valence-corrected chi connectivity index (χ1v) is 7.63. The Hall–Kier alpha value is -3.35. The van der Waals surface area contributed by atoms with E-state index in [1.165, 1.54) is 0 Å². The summed E-state index contributed by atoms with van der Waals surface area (Å²) < 4.78 is 10.5. The zero-order valence-electron chi connectivity index (χ0n) is 14.2. The molecule has 1 amide bonds. The molecule has 3 rings (SSSR count). The Kier molecular flexibility index (Phi) is 4.65. The molecule has 0 bridgehead atoms. The molecule has 128 valence electrons. The number of anilines is 1. The second-order valence-corrected chi connectivity index (χ2v) is 5.40. The van der Waals surface area contributed by atoms with Crippen molar-refractivity contribution >= 4 is 11.9 Å². The number of aromatic nitrogens is 3. The maximum Gasteiger partial charge on any atom is 0.258 e. The number of benzene rings is 2. The minimum Gasteiger partial charge on any atom is -0.493 e. The number of carbonyl (C=O) groups excluding carboxylic acids is 1. The second kappa shape index (κ2) is 7.04. The molecule has 0 fully saturated rings. The van der Waals surface area contributed by atoms with E-state index in [1.54, 1.807) is 38.5 Å². The monoisotopic (exact) mass is 338 g/mol. The van der Waals surface area contributed by atoms with Gasteiger partial charge >= 0.3 is 0 Å². The minimum atomic E-state index is -0.262. The zero-order valence-corrected chi connectivity index (χ0v) is 14.2. The molecule has 0 aliphatic carbocycles. The predicted molar refractivity (Wildman–Crippen MR) is 94.1 cm³/mol. The van der Waals surface area contributed by atoms with Crippen LogP contribution >= 0.6 is 0 Å². The largest absolute Gasteiger partial charge is 0.493 e. The van der Waals surface area contributed by atoms with E-state index in [0.29, 0.717) is 22.9 Å². The van der Waals surface area contributed by atoms with Gasteiger partial charge < -0.3 is 9.47 Å². The lowest BCUT2D eigenvalue weighted by Crippen LogP contribution is -2.13. The summed E-state index contributed by atoms with van der Waals surface area (Å²) in [5, 5.41) is 9.52. The van der Waals surface area contributed by atoms with Gasteiger partial charge in [0.1, 0.15) is 0 Å². The number of nitrogens with one attached hydrogen (secondary N) is 2. The highest BCUT2D eigenvalue weighted by Crippen LogP contribution is 2.31. The van der Waals surface area contributed by atoms with Crippen molar-refractivity contribution in [2.75, 3.05) is 19.5 Å². The molecule has 7 heteroatoms. The smallest absolute Gasteiger partial charge is 0.258 e. The maximum atomic E-state index is 12.3. The number of aryl methyl sites for hydroxylation is 1. The van der Waals surface area contributed by atoms with E-state index in [9.17, 15) is 4.79 Å². The first-order chi connectivity index (χ1) is 12.1. The average Bonchev–Trinajstić information content (AvgIpc) is 3.09. The summed E-state index contributed by atoms with van der Waals surface area (Å²) in [6, 6.07) is 12.7. The fraction of sp³-hybridized carbons (Fsp3) is 0.167. The van der Waals surface area contributed by atoms with Gasteiger partial charge in [0.2, 0.25) is 5.95 Å². The number of aromatic amines is 1. The molecule has 2 N–H and O–H groups in total. The predicted octanol–water partition coefficient (Wildman–Crippen LogP) is 3.05. The van der Waals surface area contributed by atoms with Gasteiger partial charge in [-0.1, -0.05) is 17.7 Å². The zero-order chi connectivity index (χ0) is 17.8. The van der Waals surface area contributed by atoms with Gasteiger partial charge in [-0.3, -0.25) is 15.2 Å². The van der Waals surface area contributed by atoms with Crippen LogP contribution in [-0.2, 0) is 0 Å². The van der Waals surface area contributed by atoms with Crippen LogP contribution in [0.3, 0.4) is 0 Å². The lowest BCUT2D eigenvalue weighted by Gasteiger charge is -2.07. The molecule has 0 saturated heterocycles. The van der Waals surface area contributed by atoms with Crippen LogP contribution in [0.25, 0.3) is 11.4 Å². The molecule has 0 spiro atoms. The van der Waals surface area contributed by atoms with Crippen molar-refractivity contribution in [1.82, 2.24) is 15.2 Å². The molecule has 0 aliphatic rings. The van der Waals surface area contributed by atoms with Crippen molar-refractivity contribution < 1.29 is 14.3 Å². The van der Waals surface area contributed by atoms with Crippen LogP contribution < -0.4 is 14.8 Å². The van der Waals surface area contributed by atoms with Gasteiger partial charge in [-0.25, -0.2) is 0 Å². The SMILES string of the molecule is COc1ccc(-c2nc(NC(=O)c3cccc(C)c3)n[nH]2)cc1OC. The van der Waals surface area contributed by atoms with E-state index in [-0.39, 0.29) is 11.9 Å². The first-order valence-electron chi connectivity index (χ1n) is 7.63. The van der Waals surface area contributed by atoms with Gasteiger partial charge in [0.15, 0.2) is 17.3 Å². The van der Waals surface area contributed by atoms with Crippen molar-refractivity contribution in [2.24, 2.45) is 0 Å². The van der Waals surface area contributed by atoms with E-state index in [4.69, 9.17) is 9.47 Å². The van der Waals surface area contributed by atoms with E-state index < -0.39 is 0 Å². The number of carbonyl (C=O) groups is 1. The van der Waals surface area contributed by atoms with Crippen molar-refractivity contribution in [1.29, 1.82) is 0 Å². The normalized spacial score (nSPS) is 10.4. The molecular formula is C18H18N4O3. The third-order valence-electron chi connectivity index (χ3n) is 3.65. The highest BCUT2D eigenvalue weighted by molar-refractivity contribution is 6.03. The Labute approximate surface area is 145 Å². The van der Waals surface area contributed by atoms with E-state index in [2.05, 4.69) is 20.5 Å². The lowest BCUT2D eigenvalue weighted by molar-refractivity contribution is 0.102. The number of methoxy groups -OCH3 is 2. The summed E-state index contributed by atoms with van der Waals surface area (Å²) in [5.41, 5.74) is 2.33. The van der Waals surface area contributed by atoms with Crippen LogP contribution in [0.1, 0.15) is 15.9 Å². The number of nitrogens with zero attached hydrogens (tertiary/aromatic N) is 2. The summed E-state index contributed by atoms with van der Waals surface area (Å²) in [7, 11) is 3.14. The molecule has 0 atom stereocenters. The Morgan fingerprint density at radius 1 is 1.08 bits per heavy atom. The highest BCUT2D eigenvalue weighted by Gasteiger charge is 2.12. The lowest BCUT2D eigenvalue weighted by atomic mass is 10.1. The summed E-state index contributed by atoms with van der Waals surface area (Å²) in [6.07, 6.45) is 0. The van der Waals surface area contributed by atoms with Gasteiger partial charge in [-0.15, -0.1) is 5.10 Å². The van der Waals surface area contributed by atoms with Crippen LogP contribution in [-0.4, -0.2) is 35.3 Å². The number of amides is 1.